The van der Waals surface area contributed by atoms with E-state index >= 15 is 0 Å². The number of thiocarbonyl (C=S) groups is 1. The molecule has 0 spiro atoms. The van der Waals surface area contributed by atoms with Crippen LogP contribution in [0.25, 0.3) is 6.08 Å². The number of anilines is 1. The number of carbonyl (C=O) groups is 2. The van der Waals surface area contributed by atoms with Crippen LogP contribution in [-0.2, 0) is 19.6 Å². The van der Waals surface area contributed by atoms with Crippen molar-refractivity contribution in [3.05, 3.63) is 77.2 Å². The fraction of sp³-hybridized carbons (Fsp3) is 0.0500. The van der Waals surface area contributed by atoms with E-state index in [1.807, 2.05) is 36.4 Å². The third-order valence-corrected chi connectivity index (χ3v) is 6.30. The summed E-state index contributed by atoms with van der Waals surface area (Å²) in [5.74, 6) is -0.807. The Morgan fingerprint density at radius 1 is 1.13 bits per heavy atom. The summed E-state index contributed by atoms with van der Waals surface area (Å²) in [4.78, 5) is 26.4. The number of carbonyl (C=O) groups excluding carboxylic acids is 2. The summed E-state index contributed by atoms with van der Waals surface area (Å²) >= 11 is 6.35. The summed E-state index contributed by atoms with van der Waals surface area (Å²) in [6.45, 7) is -0.249. The number of nitrogens with two attached hydrogens (primary N) is 1. The highest BCUT2D eigenvalue weighted by Crippen LogP contribution is 2.30. The first-order valence-corrected chi connectivity index (χ1v) is 11.4. The maximum atomic E-state index is 12.6. The zero-order chi connectivity index (χ0) is 21.7. The first-order valence-electron chi connectivity index (χ1n) is 8.64. The van der Waals surface area contributed by atoms with E-state index in [4.69, 9.17) is 17.4 Å². The summed E-state index contributed by atoms with van der Waals surface area (Å²) in [6.07, 6.45) is 5.29. The Morgan fingerprint density at radius 2 is 1.80 bits per heavy atom. The molecule has 2 amide bonds. The van der Waals surface area contributed by atoms with Gasteiger partial charge >= 0.3 is 0 Å². The van der Waals surface area contributed by atoms with Gasteiger partial charge in [-0.3, -0.25) is 14.5 Å². The predicted molar refractivity (Wildman–Crippen MR) is 122 cm³/mol. The minimum absolute atomic E-state index is 0.0638. The fourth-order valence-corrected chi connectivity index (χ4v) is 4.26. The van der Waals surface area contributed by atoms with Crippen molar-refractivity contribution in [3.63, 3.8) is 0 Å². The van der Waals surface area contributed by atoms with Crippen molar-refractivity contribution in [2.24, 2.45) is 5.14 Å². The smallest absolute Gasteiger partial charge is 0.266 e. The SMILES string of the molecule is NS(=O)(=O)c1ccc(NC(=O)CN2C(=O)/C(=C/C=C/c3ccccc3)SC2=S)cc1. The van der Waals surface area contributed by atoms with Crippen LogP contribution in [0.1, 0.15) is 5.56 Å². The molecule has 0 aliphatic carbocycles. The Kier molecular flexibility index (Phi) is 6.83. The monoisotopic (exact) mass is 459 g/mol. The molecule has 2 aromatic rings. The van der Waals surface area contributed by atoms with Gasteiger partial charge in [-0.05, 0) is 35.9 Å². The zero-order valence-corrected chi connectivity index (χ0v) is 18.0. The van der Waals surface area contributed by atoms with Gasteiger partial charge in [-0.2, -0.15) is 0 Å². The first-order chi connectivity index (χ1) is 14.2. The third kappa shape index (κ3) is 5.63. The Bertz CT molecular complexity index is 1140. The second-order valence-corrected chi connectivity index (χ2v) is 9.41. The number of amides is 2. The van der Waals surface area contributed by atoms with E-state index in [0.29, 0.717) is 14.9 Å². The van der Waals surface area contributed by atoms with E-state index < -0.39 is 15.9 Å². The highest BCUT2D eigenvalue weighted by molar-refractivity contribution is 8.26. The molecular weight excluding hydrogens is 442 g/mol. The van der Waals surface area contributed by atoms with E-state index in [-0.39, 0.29) is 17.3 Å². The Morgan fingerprint density at radius 3 is 2.43 bits per heavy atom. The van der Waals surface area contributed by atoms with Crippen LogP contribution >= 0.6 is 24.0 Å². The molecule has 1 saturated heterocycles. The second kappa shape index (κ2) is 9.35. The van der Waals surface area contributed by atoms with Gasteiger partial charge in [0.1, 0.15) is 10.9 Å². The van der Waals surface area contributed by atoms with Crippen LogP contribution in [-0.4, -0.2) is 36.0 Å². The maximum absolute atomic E-state index is 12.6. The first kappa shape index (κ1) is 21.9. The number of sulfonamides is 1. The van der Waals surface area contributed by atoms with Gasteiger partial charge in [0.05, 0.1) is 9.80 Å². The van der Waals surface area contributed by atoms with Gasteiger partial charge in [0.15, 0.2) is 0 Å². The summed E-state index contributed by atoms with van der Waals surface area (Å²) in [6, 6.07) is 15.0. The molecule has 154 valence electrons. The normalized spacial score (nSPS) is 15.9. The highest BCUT2D eigenvalue weighted by Gasteiger charge is 2.33. The average molecular weight is 460 g/mol. The topological polar surface area (TPSA) is 110 Å². The summed E-state index contributed by atoms with van der Waals surface area (Å²) in [7, 11) is -3.81. The number of thioether (sulfide) groups is 1. The molecule has 0 atom stereocenters. The lowest BCUT2D eigenvalue weighted by Crippen LogP contribution is -2.36. The molecule has 1 heterocycles. The molecule has 7 nitrogen and oxygen atoms in total. The summed E-state index contributed by atoms with van der Waals surface area (Å²) < 4.78 is 22.8. The van der Waals surface area contributed by atoms with Gasteiger partial charge < -0.3 is 5.32 Å². The Hall–Kier alpha value is -2.79. The van der Waals surface area contributed by atoms with Crippen LogP contribution in [0.4, 0.5) is 5.69 Å². The number of benzene rings is 2. The van der Waals surface area contributed by atoms with Crippen molar-refractivity contribution in [2.75, 3.05) is 11.9 Å². The number of primary sulfonamides is 1. The van der Waals surface area contributed by atoms with E-state index in [1.165, 1.54) is 29.2 Å². The summed E-state index contributed by atoms with van der Waals surface area (Å²) in [5, 5.41) is 7.64. The lowest BCUT2D eigenvalue weighted by molar-refractivity contribution is -0.126. The van der Waals surface area contributed by atoms with E-state index in [9.17, 15) is 18.0 Å². The molecular formula is C20H17N3O4S3. The number of hydrogen-bond acceptors (Lipinski definition) is 6. The molecule has 0 unspecified atom stereocenters. The molecule has 1 aliphatic heterocycles. The number of allylic oxidation sites excluding steroid dienone is 2. The molecule has 10 heteroatoms. The van der Waals surface area contributed by atoms with Crippen LogP contribution in [0.3, 0.4) is 0 Å². The van der Waals surface area contributed by atoms with Gasteiger partial charge in [0.2, 0.25) is 15.9 Å². The van der Waals surface area contributed by atoms with Gasteiger partial charge in [-0.25, -0.2) is 13.6 Å². The van der Waals surface area contributed by atoms with Crippen LogP contribution in [0, 0.1) is 0 Å². The number of nitrogens with one attached hydrogen (secondary N) is 1. The average Bonchev–Trinajstić information content (AvgIpc) is 2.96. The van der Waals surface area contributed by atoms with E-state index in [0.717, 1.165) is 17.3 Å². The standard InChI is InChI=1S/C20H17N3O4S3/c21-30(26,27)16-11-9-15(10-12-16)22-18(24)13-23-19(25)17(29-20(23)28)8-4-7-14-5-2-1-3-6-14/h1-12H,13H2,(H,22,24)(H2,21,26,27)/b7-4+,17-8-. The number of nitrogens with zero attached hydrogens (tertiary/aromatic N) is 1. The zero-order valence-electron chi connectivity index (χ0n) is 15.5. The molecule has 30 heavy (non-hydrogen) atoms. The van der Waals surface area contributed by atoms with Crippen LogP contribution in [0.15, 0.2) is 76.5 Å². The number of rotatable bonds is 6. The molecule has 1 fully saturated rings. The molecule has 2 aromatic carbocycles. The molecule has 0 aromatic heterocycles. The van der Waals surface area contributed by atoms with Crippen LogP contribution in [0.2, 0.25) is 0 Å². The van der Waals surface area contributed by atoms with E-state index in [1.54, 1.807) is 12.2 Å². The van der Waals surface area contributed by atoms with Crippen LogP contribution < -0.4 is 10.5 Å². The Balaban J connectivity index is 1.61. The molecule has 3 rings (SSSR count). The molecule has 0 saturated carbocycles. The van der Waals surface area contributed by atoms with Crippen molar-refractivity contribution in [1.82, 2.24) is 4.90 Å². The van der Waals surface area contributed by atoms with Gasteiger partial charge in [-0.1, -0.05) is 66.5 Å². The van der Waals surface area contributed by atoms with Crippen molar-refractivity contribution >= 4 is 61.9 Å². The van der Waals surface area contributed by atoms with Gasteiger partial charge in [0, 0.05) is 5.69 Å². The molecule has 3 N–H and O–H groups in total. The van der Waals surface area contributed by atoms with Crippen LogP contribution in [0.5, 0.6) is 0 Å². The number of hydrogen-bond donors (Lipinski definition) is 2. The van der Waals surface area contributed by atoms with Crippen molar-refractivity contribution in [1.29, 1.82) is 0 Å². The lowest BCUT2D eigenvalue weighted by Gasteiger charge is -2.14. The molecule has 0 radical (unpaired) electrons. The second-order valence-electron chi connectivity index (χ2n) is 6.18. The fourth-order valence-electron chi connectivity index (χ4n) is 2.53. The minimum Gasteiger partial charge on any atom is -0.325 e. The van der Waals surface area contributed by atoms with Crippen molar-refractivity contribution in [3.8, 4) is 0 Å². The third-order valence-electron chi connectivity index (χ3n) is 3.98. The van der Waals surface area contributed by atoms with E-state index in [2.05, 4.69) is 5.32 Å². The maximum Gasteiger partial charge on any atom is 0.266 e. The highest BCUT2D eigenvalue weighted by atomic mass is 32.2. The Labute approximate surface area is 183 Å². The van der Waals surface area contributed by atoms with Gasteiger partial charge in [0.25, 0.3) is 5.91 Å². The predicted octanol–water partition coefficient (Wildman–Crippen LogP) is 2.73. The molecule has 0 bridgehead atoms. The summed E-state index contributed by atoms with van der Waals surface area (Å²) in [5.41, 5.74) is 1.37. The lowest BCUT2D eigenvalue weighted by atomic mass is 10.2. The van der Waals surface area contributed by atoms with Crippen molar-refractivity contribution in [2.45, 2.75) is 4.90 Å². The van der Waals surface area contributed by atoms with Crippen molar-refractivity contribution < 1.29 is 18.0 Å². The largest absolute Gasteiger partial charge is 0.325 e. The minimum atomic E-state index is -3.81. The molecule has 1 aliphatic rings. The quantitative estimate of drug-likeness (QED) is 0.508. The van der Waals surface area contributed by atoms with Gasteiger partial charge in [-0.15, -0.1) is 0 Å².